The Balaban J connectivity index is 2.31. The molecular weight excluding hydrogens is 268 g/mol. The van der Waals surface area contributed by atoms with Gasteiger partial charge >= 0.3 is 5.97 Å². The van der Waals surface area contributed by atoms with Crippen molar-refractivity contribution in [3.63, 3.8) is 0 Å². The monoisotopic (exact) mass is 290 g/mol. The van der Waals surface area contributed by atoms with Gasteiger partial charge in [0, 0.05) is 11.7 Å². The van der Waals surface area contributed by atoms with Crippen LogP contribution >= 0.6 is 0 Å². The van der Waals surface area contributed by atoms with Crippen molar-refractivity contribution in [2.45, 2.75) is 25.3 Å². The first kappa shape index (κ1) is 15.5. The average Bonchev–Trinajstić information content (AvgIpc) is 2.79. The zero-order valence-corrected chi connectivity index (χ0v) is 12.4. The van der Waals surface area contributed by atoms with E-state index in [2.05, 4.69) is 18.5 Å². The molecule has 0 bridgehead atoms. The highest BCUT2D eigenvalue weighted by molar-refractivity contribution is 5.92. The van der Waals surface area contributed by atoms with Crippen LogP contribution in [-0.2, 0) is 14.3 Å². The summed E-state index contributed by atoms with van der Waals surface area (Å²) in [5.74, 6) is -0.932. The molecule has 0 aromatic rings. The highest BCUT2D eigenvalue weighted by atomic mass is 16.5. The number of carbonyl (C=O) groups excluding carboxylic acids is 2. The number of hydrogen-bond acceptors (Lipinski definition) is 4. The Hall–Kier alpha value is -1.88. The molecular formula is C16H22N2O3. The summed E-state index contributed by atoms with van der Waals surface area (Å²) >= 11 is 0. The molecule has 0 radical (unpaired) electrons. The van der Waals surface area contributed by atoms with Crippen molar-refractivity contribution in [2.75, 3.05) is 20.2 Å². The van der Waals surface area contributed by atoms with E-state index in [0.717, 1.165) is 37.2 Å². The first-order valence-electron chi connectivity index (χ1n) is 7.23. The predicted molar refractivity (Wildman–Crippen MR) is 80.3 cm³/mol. The summed E-state index contributed by atoms with van der Waals surface area (Å²) in [7, 11) is 1.33. The van der Waals surface area contributed by atoms with Crippen LogP contribution in [0.3, 0.4) is 0 Å². The van der Waals surface area contributed by atoms with E-state index in [0.29, 0.717) is 0 Å². The van der Waals surface area contributed by atoms with E-state index in [1.807, 2.05) is 0 Å². The van der Waals surface area contributed by atoms with Gasteiger partial charge in [-0.1, -0.05) is 19.2 Å². The first-order valence-corrected chi connectivity index (χ1v) is 7.23. The summed E-state index contributed by atoms with van der Waals surface area (Å²) in [6, 6.07) is 0.157. The largest absolute Gasteiger partial charge is 0.469 e. The van der Waals surface area contributed by atoms with Crippen LogP contribution < -0.4 is 5.32 Å². The molecule has 2 heterocycles. The Morgan fingerprint density at radius 1 is 1.38 bits per heavy atom. The van der Waals surface area contributed by atoms with Crippen molar-refractivity contribution in [3.05, 3.63) is 36.6 Å². The zero-order valence-electron chi connectivity index (χ0n) is 12.4. The van der Waals surface area contributed by atoms with Crippen LogP contribution in [-0.4, -0.2) is 43.0 Å². The van der Waals surface area contributed by atoms with E-state index < -0.39 is 5.92 Å². The fourth-order valence-corrected chi connectivity index (χ4v) is 3.09. The fraction of sp³-hybridized carbons (Fsp3) is 0.500. The van der Waals surface area contributed by atoms with Crippen LogP contribution in [0.1, 0.15) is 19.3 Å². The molecule has 5 nitrogen and oxygen atoms in total. The zero-order chi connectivity index (χ0) is 15.4. The van der Waals surface area contributed by atoms with Crippen molar-refractivity contribution in [3.8, 4) is 0 Å². The Labute approximate surface area is 125 Å². The summed E-state index contributed by atoms with van der Waals surface area (Å²) in [6.45, 7) is 9.40. The molecule has 0 aromatic carbocycles. The molecule has 2 aliphatic heterocycles. The maximum absolute atomic E-state index is 12.8. The van der Waals surface area contributed by atoms with Gasteiger partial charge in [0.25, 0.3) is 0 Å². The number of amides is 1. The molecule has 0 aliphatic carbocycles. The molecule has 5 heteroatoms. The first-order chi connectivity index (χ1) is 10.1. The van der Waals surface area contributed by atoms with Gasteiger partial charge in [-0.15, -0.1) is 0 Å². The molecule has 1 N–H and O–H groups in total. The Kier molecular flexibility index (Phi) is 4.96. The minimum atomic E-state index is -0.502. The lowest BCUT2D eigenvalue weighted by Crippen LogP contribution is -2.44. The van der Waals surface area contributed by atoms with Gasteiger partial charge in [-0.2, -0.15) is 0 Å². The van der Waals surface area contributed by atoms with Crippen molar-refractivity contribution in [2.24, 2.45) is 5.92 Å². The molecule has 0 saturated carbocycles. The standard InChI is InChI=1S/C16H22N2O3/c1-4-12-13(10-15(19)21-3)16(20)18(14(12)5-2)11-6-8-17-9-7-11/h4-5,11,13,17H,1-2,6-10H2,3H3. The van der Waals surface area contributed by atoms with Crippen LogP contribution in [0.15, 0.2) is 36.6 Å². The molecule has 21 heavy (non-hydrogen) atoms. The van der Waals surface area contributed by atoms with Crippen molar-refractivity contribution >= 4 is 11.9 Å². The smallest absolute Gasteiger partial charge is 0.306 e. The van der Waals surface area contributed by atoms with E-state index in [9.17, 15) is 9.59 Å². The molecule has 1 atom stereocenters. The second kappa shape index (κ2) is 6.72. The molecule has 114 valence electrons. The number of esters is 1. The van der Waals surface area contributed by atoms with Gasteiger partial charge in [-0.25, -0.2) is 0 Å². The van der Waals surface area contributed by atoms with Gasteiger partial charge in [-0.3, -0.25) is 9.59 Å². The Bertz CT molecular complexity index is 490. The molecule has 2 rings (SSSR count). The molecule has 1 amide bonds. The molecule has 0 spiro atoms. The maximum atomic E-state index is 12.8. The SMILES string of the molecule is C=CC1=C(C=C)N(C2CCNCC2)C(=O)C1CC(=O)OC. The highest BCUT2D eigenvalue weighted by Crippen LogP contribution is 2.36. The third kappa shape index (κ3) is 2.93. The van der Waals surface area contributed by atoms with Crippen molar-refractivity contribution in [1.82, 2.24) is 10.2 Å². The lowest BCUT2D eigenvalue weighted by molar-refractivity contribution is -0.145. The molecule has 1 unspecified atom stereocenters. The van der Waals surface area contributed by atoms with E-state index >= 15 is 0 Å². The van der Waals surface area contributed by atoms with E-state index in [1.54, 1.807) is 17.1 Å². The second-order valence-corrected chi connectivity index (χ2v) is 5.27. The summed E-state index contributed by atoms with van der Waals surface area (Å²) in [5, 5.41) is 3.29. The number of rotatable bonds is 5. The molecule has 2 aliphatic rings. The third-order valence-corrected chi connectivity index (χ3v) is 4.15. The summed E-state index contributed by atoms with van der Waals surface area (Å²) in [5.41, 5.74) is 1.56. The minimum Gasteiger partial charge on any atom is -0.469 e. The quantitative estimate of drug-likeness (QED) is 0.777. The number of methoxy groups -OCH3 is 1. The summed E-state index contributed by atoms with van der Waals surface area (Å²) in [4.78, 5) is 26.1. The third-order valence-electron chi connectivity index (χ3n) is 4.15. The van der Waals surface area contributed by atoms with Crippen LogP contribution in [0, 0.1) is 5.92 Å². The number of piperidine rings is 1. The normalized spacial score (nSPS) is 23.4. The number of hydrogen-bond donors (Lipinski definition) is 1. The van der Waals surface area contributed by atoms with Crippen LogP contribution in [0.2, 0.25) is 0 Å². The summed E-state index contributed by atoms with van der Waals surface area (Å²) in [6.07, 6.45) is 5.20. The van der Waals surface area contributed by atoms with E-state index in [1.165, 1.54) is 7.11 Å². The summed E-state index contributed by atoms with van der Waals surface area (Å²) < 4.78 is 4.70. The molecule has 0 aromatic heterocycles. The Morgan fingerprint density at radius 2 is 2.05 bits per heavy atom. The second-order valence-electron chi connectivity index (χ2n) is 5.27. The van der Waals surface area contributed by atoms with Gasteiger partial charge in [0.15, 0.2) is 0 Å². The van der Waals surface area contributed by atoms with Crippen LogP contribution in [0.25, 0.3) is 0 Å². The van der Waals surface area contributed by atoms with Gasteiger partial charge in [0.1, 0.15) is 0 Å². The van der Waals surface area contributed by atoms with Crippen LogP contribution in [0.5, 0.6) is 0 Å². The number of allylic oxidation sites excluding steroid dienone is 2. The molecule has 1 saturated heterocycles. The number of nitrogens with zero attached hydrogens (tertiary/aromatic N) is 1. The number of carbonyl (C=O) groups is 2. The highest BCUT2D eigenvalue weighted by Gasteiger charge is 2.41. The van der Waals surface area contributed by atoms with Gasteiger partial charge in [0.2, 0.25) is 5.91 Å². The van der Waals surface area contributed by atoms with Gasteiger partial charge in [-0.05, 0) is 37.6 Å². The van der Waals surface area contributed by atoms with Crippen molar-refractivity contribution in [1.29, 1.82) is 0 Å². The van der Waals surface area contributed by atoms with Crippen molar-refractivity contribution < 1.29 is 14.3 Å². The van der Waals surface area contributed by atoms with E-state index in [4.69, 9.17) is 4.74 Å². The lowest BCUT2D eigenvalue weighted by atomic mass is 9.96. The van der Waals surface area contributed by atoms with Crippen LogP contribution in [0.4, 0.5) is 0 Å². The van der Waals surface area contributed by atoms with Gasteiger partial charge < -0.3 is 15.0 Å². The predicted octanol–water partition coefficient (Wildman–Crippen LogP) is 1.39. The number of nitrogens with one attached hydrogen (secondary N) is 1. The van der Waals surface area contributed by atoms with Gasteiger partial charge in [0.05, 0.1) is 19.4 Å². The molecule has 1 fully saturated rings. The minimum absolute atomic E-state index is 0.0444. The number of ether oxygens (including phenoxy) is 1. The average molecular weight is 290 g/mol. The topological polar surface area (TPSA) is 58.6 Å². The Morgan fingerprint density at radius 3 is 2.57 bits per heavy atom. The fourth-order valence-electron chi connectivity index (χ4n) is 3.09. The van der Waals surface area contributed by atoms with E-state index in [-0.39, 0.29) is 24.3 Å². The lowest BCUT2D eigenvalue weighted by Gasteiger charge is -2.33. The maximum Gasteiger partial charge on any atom is 0.306 e.